The summed E-state index contributed by atoms with van der Waals surface area (Å²) in [6.45, 7) is 2.10. The third-order valence-corrected chi connectivity index (χ3v) is 9.04. The SMILES string of the molecule is CCC1=C2[C@@H](CC/C(=C/c3ccc(O)c4ccccc34)c3ccccc3)OB(O)C[C@@H]2[C@@H]2C(=O)N(C)C(=O)[C@@H]2C1. The molecule has 0 unspecified atom stereocenters. The monoisotopic (exact) mass is 535 g/mol. The van der Waals surface area contributed by atoms with Crippen molar-refractivity contribution in [2.24, 2.45) is 17.8 Å². The highest BCUT2D eigenvalue weighted by Crippen LogP contribution is 2.51. The van der Waals surface area contributed by atoms with E-state index in [4.69, 9.17) is 4.65 Å². The Balaban J connectivity index is 1.36. The number of fused-ring (bicyclic) bond motifs is 4. The molecule has 2 fully saturated rings. The maximum Gasteiger partial charge on any atom is 0.455 e. The van der Waals surface area contributed by atoms with Crippen LogP contribution < -0.4 is 0 Å². The van der Waals surface area contributed by atoms with Gasteiger partial charge in [0.05, 0.1) is 17.9 Å². The topological polar surface area (TPSA) is 87.1 Å². The first-order valence-corrected chi connectivity index (χ1v) is 14.2. The number of amides is 2. The Hall–Kier alpha value is -3.68. The van der Waals surface area contributed by atoms with E-state index in [9.17, 15) is 19.7 Å². The predicted octanol–water partition coefficient (Wildman–Crippen LogP) is 5.70. The zero-order valence-corrected chi connectivity index (χ0v) is 22.9. The van der Waals surface area contributed by atoms with Crippen molar-refractivity contribution >= 4 is 41.4 Å². The van der Waals surface area contributed by atoms with E-state index in [0.717, 1.165) is 39.5 Å². The van der Waals surface area contributed by atoms with Crippen molar-refractivity contribution in [3.05, 3.63) is 89.0 Å². The molecule has 0 aromatic heterocycles. The fourth-order valence-corrected chi connectivity index (χ4v) is 7.12. The summed E-state index contributed by atoms with van der Waals surface area (Å²) in [6, 6.07) is 21.7. The number of aromatic hydroxyl groups is 1. The van der Waals surface area contributed by atoms with Crippen molar-refractivity contribution in [2.75, 3.05) is 7.05 Å². The van der Waals surface area contributed by atoms with Crippen molar-refractivity contribution < 1.29 is 24.4 Å². The lowest BCUT2D eigenvalue weighted by molar-refractivity contribution is -0.138. The number of carbonyl (C=O) groups is 2. The van der Waals surface area contributed by atoms with Gasteiger partial charge in [-0.25, -0.2) is 0 Å². The van der Waals surface area contributed by atoms with Crippen molar-refractivity contribution in [3.8, 4) is 5.75 Å². The molecule has 3 aromatic rings. The fraction of sp³-hybridized carbons (Fsp3) is 0.333. The lowest BCUT2D eigenvalue weighted by Crippen LogP contribution is -2.46. The van der Waals surface area contributed by atoms with Gasteiger partial charge in [0.25, 0.3) is 0 Å². The first-order chi connectivity index (χ1) is 19.4. The number of hydrogen-bond acceptors (Lipinski definition) is 5. The van der Waals surface area contributed by atoms with Crippen LogP contribution in [0.5, 0.6) is 5.75 Å². The number of likely N-dealkylation sites (tertiary alicyclic amines) is 1. The highest BCUT2D eigenvalue weighted by atomic mass is 16.5. The molecule has 7 heteroatoms. The second-order valence-electron chi connectivity index (χ2n) is 11.2. The minimum atomic E-state index is -0.977. The molecule has 0 radical (unpaired) electrons. The Morgan fingerprint density at radius 3 is 2.48 bits per heavy atom. The van der Waals surface area contributed by atoms with E-state index in [0.29, 0.717) is 25.6 Å². The Labute approximate surface area is 235 Å². The van der Waals surface area contributed by atoms with Crippen LogP contribution in [0.4, 0.5) is 0 Å². The van der Waals surface area contributed by atoms with Gasteiger partial charge in [-0.15, -0.1) is 0 Å². The Morgan fingerprint density at radius 1 is 1.00 bits per heavy atom. The summed E-state index contributed by atoms with van der Waals surface area (Å²) in [4.78, 5) is 27.3. The van der Waals surface area contributed by atoms with Gasteiger partial charge in [-0.05, 0) is 71.6 Å². The normalized spacial score (nSPS) is 25.0. The first-order valence-electron chi connectivity index (χ1n) is 14.2. The molecule has 2 amide bonds. The molecule has 2 saturated heterocycles. The van der Waals surface area contributed by atoms with Crippen molar-refractivity contribution in [2.45, 2.75) is 45.0 Å². The molecule has 1 aliphatic carbocycles. The van der Waals surface area contributed by atoms with Gasteiger partial charge in [-0.1, -0.05) is 79.2 Å². The molecule has 2 aliphatic heterocycles. The molecule has 2 N–H and O–H groups in total. The molecule has 3 aromatic carbocycles. The van der Waals surface area contributed by atoms with Crippen LogP contribution in [0.25, 0.3) is 22.4 Å². The standard InChI is InChI=1S/C33H34BNO5/c1-3-20-18-26-31(33(38)35(2)32(26)37)27-19-34(39)40-29(30(20)27)16-14-22(21-9-5-4-6-10-21)17-23-13-15-28(36)25-12-8-7-11-24(23)25/h4-13,15,17,26-27,29,31,36,39H,3,14,16,18-19H2,1-2H3/b22-17-/t26-,27+,29-,31-/m1/s1. The number of phenolic OH excluding ortho intramolecular Hbond substituents is 1. The molecule has 0 spiro atoms. The van der Waals surface area contributed by atoms with Crippen LogP contribution in [-0.4, -0.2) is 47.1 Å². The van der Waals surface area contributed by atoms with Crippen LogP contribution >= 0.6 is 0 Å². The van der Waals surface area contributed by atoms with E-state index in [-0.39, 0.29) is 35.5 Å². The van der Waals surface area contributed by atoms with Crippen LogP contribution in [0.15, 0.2) is 77.9 Å². The maximum atomic E-state index is 13.1. The van der Waals surface area contributed by atoms with Gasteiger partial charge >= 0.3 is 7.12 Å². The zero-order chi connectivity index (χ0) is 28.0. The number of phenols is 1. The summed E-state index contributed by atoms with van der Waals surface area (Å²) >= 11 is 0. The van der Waals surface area contributed by atoms with Gasteiger partial charge in [-0.2, -0.15) is 0 Å². The first kappa shape index (κ1) is 26.5. The Bertz CT molecular complexity index is 1530. The van der Waals surface area contributed by atoms with Crippen molar-refractivity contribution in [1.29, 1.82) is 0 Å². The molecule has 3 aliphatic rings. The van der Waals surface area contributed by atoms with Crippen molar-refractivity contribution in [1.82, 2.24) is 4.90 Å². The quantitative estimate of drug-likeness (QED) is 0.183. The molecule has 4 atom stereocenters. The Morgan fingerprint density at radius 2 is 1.73 bits per heavy atom. The zero-order valence-electron chi connectivity index (χ0n) is 22.9. The van der Waals surface area contributed by atoms with E-state index in [2.05, 4.69) is 25.1 Å². The molecule has 6 nitrogen and oxygen atoms in total. The highest BCUT2D eigenvalue weighted by Gasteiger charge is 2.56. The van der Waals surface area contributed by atoms with Gasteiger partial charge < -0.3 is 14.8 Å². The summed E-state index contributed by atoms with van der Waals surface area (Å²) in [6.07, 6.45) is 4.87. The van der Waals surface area contributed by atoms with E-state index in [1.54, 1.807) is 13.1 Å². The summed E-state index contributed by atoms with van der Waals surface area (Å²) in [5.41, 5.74) is 5.54. The van der Waals surface area contributed by atoms with Gasteiger partial charge in [0, 0.05) is 12.4 Å². The molecule has 6 rings (SSSR count). The number of imide groups is 1. The molecular formula is C33H34BNO5. The van der Waals surface area contributed by atoms with Crippen molar-refractivity contribution in [3.63, 3.8) is 0 Å². The highest BCUT2D eigenvalue weighted by molar-refractivity contribution is 6.43. The average Bonchev–Trinajstić information content (AvgIpc) is 3.19. The fourth-order valence-electron chi connectivity index (χ4n) is 7.12. The average molecular weight is 535 g/mol. The second kappa shape index (κ2) is 10.7. The summed E-state index contributed by atoms with van der Waals surface area (Å²) < 4.78 is 6.18. The number of rotatable bonds is 6. The molecule has 0 saturated carbocycles. The van der Waals surface area contributed by atoms with E-state index in [1.807, 2.05) is 48.5 Å². The smallest absolute Gasteiger partial charge is 0.455 e. The minimum Gasteiger partial charge on any atom is -0.507 e. The lowest BCUT2D eigenvalue weighted by Gasteiger charge is -2.43. The largest absolute Gasteiger partial charge is 0.507 e. The summed E-state index contributed by atoms with van der Waals surface area (Å²) in [5.74, 6) is -0.928. The molecule has 2 heterocycles. The molecular weight excluding hydrogens is 501 g/mol. The van der Waals surface area contributed by atoms with Gasteiger partial charge in [0.2, 0.25) is 11.8 Å². The minimum absolute atomic E-state index is 0.104. The number of hydrogen-bond donors (Lipinski definition) is 2. The second-order valence-corrected chi connectivity index (χ2v) is 11.2. The maximum absolute atomic E-state index is 13.1. The number of benzene rings is 3. The molecule has 0 bridgehead atoms. The molecule has 40 heavy (non-hydrogen) atoms. The third kappa shape index (κ3) is 4.57. The van der Waals surface area contributed by atoms with Gasteiger partial charge in [0.1, 0.15) is 5.75 Å². The van der Waals surface area contributed by atoms with Crippen LogP contribution in [0, 0.1) is 17.8 Å². The number of allylic oxidation sites excluding steroid dienone is 2. The van der Waals surface area contributed by atoms with E-state index < -0.39 is 13.0 Å². The predicted molar refractivity (Wildman–Crippen MR) is 157 cm³/mol. The number of nitrogens with zero attached hydrogens (tertiary/aromatic N) is 1. The third-order valence-electron chi connectivity index (χ3n) is 9.04. The molecule has 204 valence electrons. The lowest BCUT2D eigenvalue weighted by atomic mass is 9.58. The van der Waals surface area contributed by atoms with Crippen LogP contribution in [0.3, 0.4) is 0 Å². The van der Waals surface area contributed by atoms with E-state index >= 15 is 0 Å². The van der Waals surface area contributed by atoms with Crippen LogP contribution in [-0.2, 0) is 14.2 Å². The summed E-state index contributed by atoms with van der Waals surface area (Å²) in [5, 5.41) is 23.0. The van der Waals surface area contributed by atoms with Gasteiger partial charge in [0.15, 0.2) is 0 Å². The van der Waals surface area contributed by atoms with Crippen LogP contribution in [0.2, 0.25) is 6.32 Å². The summed E-state index contributed by atoms with van der Waals surface area (Å²) in [7, 11) is 0.598. The number of carbonyl (C=O) groups excluding carboxylic acids is 2. The Kier molecular flexibility index (Phi) is 7.11. The van der Waals surface area contributed by atoms with Crippen LogP contribution in [0.1, 0.15) is 43.7 Å². The van der Waals surface area contributed by atoms with E-state index in [1.165, 1.54) is 10.5 Å². The van der Waals surface area contributed by atoms with Gasteiger partial charge in [-0.3, -0.25) is 14.5 Å².